The lowest BCUT2D eigenvalue weighted by Crippen LogP contribution is -2.16. The summed E-state index contributed by atoms with van der Waals surface area (Å²) in [6.45, 7) is 6.89. The van der Waals surface area contributed by atoms with Crippen LogP contribution >= 0.6 is 0 Å². The molecule has 1 aromatic heterocycles. The van der Waals surface area contributed by atoms with Crippen LogP contribution in [0.1, 0.15) is 23.6 Å². The fraction of sp³-hybridized carbons (Fsp3) is 0.261. The van der Waals surface area contributed by atoms with Crippen LogP contribution in [0.15, 0.2) is 47.5 Å². The smallest absolute Gasteiger partial charge is 0.232 e. The van der Waals surface area contributed by atoms with Crippen molar-refractivity contribution in [3.63, 3.8) is 0 Å². The first-order valence-corrected chi connectivity index (χ1v) is 11.8. The molecule has 0 saturated heterocycles. The molecular formula is C23H27FN4O3S. The highest BCUT2D eigenvalue weighted by Gasteiger charge is 2.14. The topological polar surface area (TPSA) is 92.2 Å². The number of pyridine rings is 1. The summed E-state index contributed by atoms with van der Waals surface area (Å²) in [5, 5.41) is 6.24. The Morgan fingerprint density at radius 1 is 0.969 bits per heavy atom. The third kappa shape index (κ3) is 4.94. The zero-order valence-electron chi connectivity index (χ0n) is 18.7. The van der Waals surface area contributed by atoms with Crippen LogP contribution in [0.5, 0.6) is 0 Å². The summed E-state index contributed by atoms with van der Waals surface area (Å²) in [6, 6.07) is 7.98. The van der Waals surface area contributed by atoms with Crippen molar-refractivity contribution in [1.29, 1.82) is 0 Å². The van der Waals surface area contributed by atoms with E-state index in [2.05, 4.69) is 15.4 Å². The predicted molar refractivity (Wildman–Crippen MR) is 129 cm³/mol. The third-order valence-electron chi connectivity index (χ3n) is 5.16. The number of aromatic nitrogens is 1. The van der Waals surface area contributed by atoms with Gasteiger partial charge in [0.25, 0.3) is 0 Å². The van der Waals surface area contributed by atoms with Crippen LogP contribution in [0.2, 0.25) is 0 Å². The van der Waals surface area contributed by atoms with E-state index < -0.39 is 10.0 Å². The van der Waals surface area contributed by atoms with Crippen LogP contribution in [0.3, 0.4) is 0 Å². The standard InChI is InChI=1S/C23H27FN4O3S/c1-6-32(30,31)27-18-7-8-19(26-22-14(2)9-17(24)10-15(22)3)21(11-18)28-12-16(4)23(29)20(13-28)25-5/h7-13,25-27H,6H2,1-5H3. The monoisotopic (exact) mass is 458 g/mol. The molecule has 9 heteroatoms. The van der Waals surface area contributed by atoms with Gasteiger partial charge in [-0.05, 0) is 69.2 Å². The van der Waals surface area contributed by atoms with Gasteiger partial charge in [0.1, 0.15) is 5.82 Å². The van der Waals surface area contributed by atoms with Crippen LogP contribution in [-0.4, -0.2) is 25.8 Å². The maximum atomic E-state index is 13.8. The van der Waals surface area contributed by atoms with E-state index in [0.717, 1.165) is 16.8 Å². The lowest BCUT2D eigenvalue weighted by atomic mass is 10.1. The minimum Gasteiger partial charge on any atom is -0.384 e. The summed E-state index contributed by atoms with van der Waals surface area (Å²) >= 11 is 0. The van der Waals surface area contributed by atoms with Gasteiger partial charge in [-0.15, -0.1) is 0 Å². The number of anilines is 4. The summed E-state index contributed by atoms with van der Waals surface area (Å²) in [5.41, 5.74) is 4.69. The number of aryl methyl sites for hydroxylation is 3. The highest BCUT2D eigenvalue weighted by Crippen LogP contribution is 2.32. The van der Waals surface area contributed by atoms with Crippen molar-refractivity contribution in [1.82, 2.24) is 4.57 Å². The maximum absolute atomic E-state index is 13.8. The first kappa shape index (κ1) is 23.3. The average molecular weight is 459 g/mol. The second-order valence-corrected chi connectivity index (χ2v) is 9.63. The number of nitrogens with zero attached hydrogens (tertiary/aromatic N) is 1. The highest BCUT2D eigenvalue weighted by molar-refractivity contribution is 7.92. The number of hydrogen-bond acceptors (Lipinski definition) is 5. The van der Waals surface area contributed by atoms with E-state index >= 15 is 0 Å². The molecule has 0 unspecified atom stereocenters. The molecule has 0 aliphatic rings. The number of sulfonamides is 1. The van der Waals surface area contributed by atoms with Gasteiger partial charge in [0.2, 0.25) is 15.5 Å². The van der Waals surface area contributed by atoms with Crippen LogP contribution in [0.4, 0.5) is 27.1 Å². The SMILES string of the molecule is CCS(=O)(=O)Nc1ccc(Nc2c(C)cc(F)cc2C)c(-n2cc(C)c(=O)c(NC)c2)c1. The Labute approximate surface area is 187 Å². The first-order chi connectivity index (χ1) is 15.0. The van der Waals surface area contributed by atoms with Gasteiger partial charge in [-0.3, -0.25) is 9.52 Å². The number of hydrogen-bond donors (Lipinski definition) is 3. The number of nitrogens with one attached hydrogen (secondary N) is 3. The lowest BCUT2D eigenvalue weighted by Gasteiger charge is -2.20. The molecular weight excluding hydrogens is 431 g/mol. The minimum atomic E-state index is -3.47. The molecule has 0 atom stereocenters. The summed E-state index contributed by atoms with van der Waals surface area (Å²) < 4.78 is 42.3. The molecule has 3 aromatic rings. The summed E-state index contributed by atoms with van der Waals surface area (Å²) in [5.74, 6) is -0.373. The van der Waals surface area contributed by atoms with Gasteiger partial charge in [-0.2, -0.15) is 0 Å². The van der Waals surface area contributed by atoms with Gasteiger partial charge in [-0.25, -0.2) is 12.8 Å². The lowest BCUT2D eigenvalue weighted by molar-refractivity contribution is 0.602. The Hall–Kier alpha value is -3.33. The quantitative estimate of drug-likeness (QED) is 0.487. The Balaban J connectivity index is 2.20. The summed E-state index contributed by atoms with van der Waals surface area (Å²) in [4.78, 5) is 12.4. The minimum absolute atomic E-state index is 0.0582. The largest absolute Gasteiger partial charge is 0.384 e. The second kappa shape index (κ2) is 9.04. The molecule has 0 fully saturated rings. The van der Waals surface area contributed by atoms with Crippen molar-refractivity contribution in [3.05, 3.63) is 75.5 Å². The van der Waals surface area contributed by atoms with Gasteiger partial charge in [0.05, 0.1) is 28.5 Å². The number of halogens is 1. The molecule has 0 bridgehead atoms. The zero-order valence-corrected chi connectivity index (χ0v) is 19.5. The molecule has 170 valence electrons. The molecule has 3 rings (SSSR count). The van der Waals surface area contributed by atoms with Crippen LogP contribution in [-0.2, 0) is 10.0 Å². The van der Waals surface area contributed by atoms with Gasteiger partial charge < -0.3 is 15.2 Å². The van der Waals surface area contributed by atoms with Crippen molar-refractivity contribution in [2.45, 2.75) is 27.7 Å². The molecule has 1 heterocycles. The van der Waals surface area contributed by atoms with Gasteiger partial charge in [0.15, 0.2) is 0 Å². The Morgan fingerprint density at radius 3 is 2.22 bits per heavy atom. The molecule has 0 aliphatic heterocycles. The molecule has 7 nitrogen and oxygen atoms in total. The molecule has 32 heavy (non-hydrogen) atoms. The van der Waals surface area contributed by atoms with E-state index in [0.29, 0.717) is 28.3 Å². The zero-order chi connectivity index (χ0) is 23.6. The van der Waals surface area contributed by atoms with Crippen molar-refractivity contribution in [2.24, 2.45) is 0 Å². The molecule has 0 radical (unpaired) electrons. The molecule has 3 N–H and O–H groups in total. The molecule has 0 aliphatic carbocycles. The van der Waals surface area contributed by atoms with E-state index in [1.165, 1.54) is 12.1 Å². The summed E-state index contributed by atoms with van der Waals surface area (Å²) in [6.07, 6.45) is 3.34. The summed E-state index contributed by atoms with van der Waals surface area (Å²) in [7, 11) is -1.81. The average Bonchev–Trinajstić information content (AvgIpc) is 2.73. The Bertz CT molecular complexity index is 1310. The van der Waals surface area contributed by atoms with E-state index in [1.54, 1.807) is 56.1 Å². The van der Waals surface area contributed by atoms with E-state index in [-0.39, 0.29) is 17.0 Å². The van der Waals surface area contributed by atoms with Crippen LogP contribution in [0, 0.1) is 26.6 Å². The van der Waals surface area contributed by atoms with E-state index in [1.807, 2.05) is 13.8 Å². The van der Waals surface area contributed by atoms with E-state index in [4.69, 9.17) is 0 Å². The Kier molecular flexibility index (Phi) is 6.59. The second-order valence-electron chi connectivity index (χ2n) is 7.62. The number of benzene rings is 2. The van der Waals surface area contributed by atoms with Crippen molar-refractivity contribution < 1.29 is 12.8 Å². The fourth-order valence-corrected chi connectivity index (χ4v) is 4.07. The van der Waals surface area contributed by atoms with Crippen LogP contribution in [0.25, 0.3) is 5.69 Å². The normalized spacial score (nSPS) is 11.3. The third-order valence-corrected chi connectivity index (χ3v) is 6.47. The van der Waals surface area contributed by atoms with Gasteiger partial charge >= 0.3 is 0 Å². The van der Waals surface area contributed by atoms with Crippen molar-refractivity contribution >= 4 is 32.8 Å². The molecule has 0 saturated carbocycles. The predicted octanol–water partition coefficient (Wildman–Crippen LogP) is 4.45. The van der Waals surface area contributed by atoms with Crippen LogP contribution < -0.4 is 20.8 Å². The Morgan fingerprint density at radius 2 is 1.62 bits per heavy atom. The van der Waals surface area contributed by atoms with Gasteiger partial charge in [-0.1, -0.05) is 0 Å². The first-order valence-electron chi connectivity index (χ1n) is 10.1. The highest BCUT2D eigenvalue weighted by atomic mass is 32.2. The fourth-order valence-electron chi connectivity index (χ4n) is 3.44. The molecule has 0 amide bonds. The maximum Gasteiger partial charge on any atom is 0.232 e. The van der Waals surface area contributed by atoms with Crippen molar-refractivity contribution in [3.8, 4) is 5.69 Å². The number of rotatable bonds is 7. The molecule has 0 spiro atoms. The van der Waals surface area contributed by atoms with Crippen molar-refractivity contribution in [2.75, 3.05) is 28.2 Å². The molecule has 2 aromatic carbocycles. The van der Waals surface area contributed by atoms with E-state index in [9.17, 15) is 17.6 Å². The van der Waals surface area contributed by atoms with Gasteiger partial charge in [0, 0.05) is 30.7 Å².